The van der Waals surface area contributed by atoms with Crippen LogP contribution in [0.5, 0.6) is 11.5 Å². The number of unbranched alkanes of at least 4 members (excludes halogenated alkanes) is 9. The third-order valence-corrected chi connectivity index (χ3v) is 4.78. The SMILES string of the molecule is CCCCCCCCCCCCOC(=O)/C(C#N)=C\c1ccc2c(c1)OCO2. The normalized spacial score (nSPS) is 12.6. The highest BCUT2D eigenvalue weighted by Crippen LogP contribution is 2.33. The molecular weight excluding hydrogens is 354 g/mol. The van der Waals surface area contributed by atoms with E-state index in [1.54, 1.807) is 18.2 Å². The van der Waals surface area contributed by atoms with E-state index in [-0.39, 0.29) is 12.4 Å². The van der Waals surface area contributed by atoms with Crippen LogP contribution < -0.4 is 9.47 Å². The molecule has 1 aliphatic rings. The van der Waals surface area contributed by atoms with Crippen molar-refractivity contribution < 1.29 is 19.0 Å². The van der Waals surface area contributed by atoms with Crippen LogP contribution in [0.2, 0.25) is 0 Å². The fraction of sp³-hybridized carbons (Fsp3) is 0.565. The molecule has 5 heteroatoms. The zero-order chi connectivity index (χ0) is 20.0. The van der Waals surface area contributed by atoms with Gasteiger partial charge in [0.05, 0.1) is 6.61 Å². The highest BCUT2D eigenvalue weighted by molar-refractivity contribution is 5.97. The smallest absolute Gasteiger partial charge is 0.348 e. The number of hydrogen-bond acceptors (Lipinski definition) is 5. The van der Waals surface area contributed by atoms with Crippen molar-refractivity contribution in [1.82, 2.24) is 0 Å². The highest BCUT2D eigenvalue weighted by atomic mass is 16.7. The summed E-state index contributed by atoms with van der Waals surface area (Å²) in [6.45, 7) is 2.78. The van der Waals surface area contributed by atoms with Crippen molar-refractivity contribution in [2.45, 2.75) is 71.1 Å². The predicted molar refractivity (Wildman–Crippen MR) is 109 cm³/mol. The van der Waals surface area contributed by atoms with Crippen LogP contribution in [-0.2, 0) is 9.53 Å². The van der Waals surface area contributed by atoms with Crippen molar-refractivity contribution in [3.05, 3.63) is 29.3 Å². The van der Waals surface area contributed by atoms with E-state index in [4.69, 9.17) is 14.2 Å². The molecule has 0 aliphatic carbocycles. The number of hydrogen-bond donors (Lipinski definition) is 0. The van der Waals surface area contributed by atoms with Gasteiger partial charge in [-0.3, -0.25) is 0 Å². The summed E-state index contributed by atoms with van der Waals surface area (Å²) in [6, 6.07) is 7.21. The summed E-state index contributed by atoms with van der Waals surface area (Å²) in [5.74, 6) is 0.708. The standard InChI is InChI=1S/C23H31NO4/c1-2-3-4-5-6-7-8-9-10-11-14-26-23(25)20(17-24)15-19-12-13-21-22(16-19)28-18-27-21/h12-13,15-16H,2-11,14,18H2,1H3/b20-15-. The zero-order valence-electron chi connectivity index (χ0n) is 16.9. The number of carbonyl (C=O) groups excluding carboxylic acids is 1. The van der Waals surface area contributed by atoms with E-state index >= 15 is 0 Å². The molecule has 0 aromatic heterocycles. The number of benzene rings is 1. The van der Waals surface area contributed by atoms with Gasteiger partial charge in [-0.1, -0.05) is 70.8 Å². The van der Waals surface area contributed by atoms with Crippen molar-refractivity contribution in [2.75, 3.05) is 13.4 Å². The molecule has 0 fully saturated rings. The minimum absolute atomic E-state index is 0.00838. The third-order valence-electron chi connectivity index (χ3n) is 4.78. The van der Waals surface area contributed by atoms with Gasteiger partial charge in [0.2, 0.25) is 6.79 Å². The number of ether oxygens (including phenoxy) is 3. The highest BCUT2D eigenvalue weighted by Gasteiger charge is 2.15. The number of esters is 1. The van der Waals surface area contributed by atoms with E-state index < -0.39 is 5.97 Å². The first-order chi connectivity index (χ1) is 13.7. The maximum absolute atomic E-state index is 12.1. The van der Waals surface area contributed by atoms with Crippen molar-refractivity contribution >= 4 is 12.0 Å². The monoisotopic (exact) mass is 385 g/mol. The summed E-state index contributed by atoms with van der Waals surface area (Å²) in [7, 11) is 0. The molecule has 0 atom stereocenters. The number of fused-ring (bicyclic) bond motifs is 1. The number of rotatable bonds is 13. The van der Waals surface area contributed by atoms with Crippen LogP contribution in [0, 0.1) is 11.3 Å². The van der Waals surface area contributed by atoms with Crippen molar-refractivity contribution in [2.24, 2.45) is 0 Å². The fourth-order valence-electron chi connectivity index (χ4n) is 3.14. The van der Waals surface area contributed by atoms with Crippen LogP contribution in [0.1, 0.15) is 76.7 Å². The summed E-state index contributed by atoms with van der Waals surface area (Å²) >= 11 is 0. The van der Waals surface area contributed by atoms with Gasteiger partial charge in [-0.2, -0.15) is 5.26 Å². The molecule has 1 aliphatic heterocycles. The maximum Gasteiger partial charge on any atom is 0.348 e. The molecule has 0 radical (unpaired) electrons. The van der Waals surface area contributed by atoms with Gasteiger partial charge >= 0.3 is 5.97 Å². The number of nitriles is 1. The Balaban J connectivity index is 1.61. The zero-order valence-corrected chi connectivity index (χ0v) is 16.9. The molecule has 0 saturated carbocycles. The van der Waals surface area contributed by atoms with Gasteiger partial charge in [-0.05, 0) is 30.2 Å². The molecule has 5 nitrogen and oxygen atoms in total. The van der Waals surface area contributed by atoms with Crippen LogP contribution in [0.15, 0.2) is 23.8 Å². The molecule has 28 heavy (non-hydrogen) atoms. The molecule has 0 amide bonds. The molecule has 0 saturated heterocycles. The minimum Gasteiger partial charge on any atom is -0.462 e. The van der Waals surface area contributed by atoms with Gasteiger partial charge in [-0.25, -0.2) is 4.79 Å². The second-order valence-electron chi connectivity index (χ2n) is 7.10. The molecule has 2 rings (SSSR count). The number of carbonyl (C=O) groups is 1. The summed E-state index contributed by atoms with van der Waals surface area (Å²) in [5, 5.41) is 9.25. The summed E-state index contributed by atoms with van der Waals surface area (Å²) in [6.07, 6.45) is 13.8. The Morgan fingerprint density at radius 3 is 2.36 bits per heavy atom. The van der Waals surface area contributed by atoms with Crippen molar-refractivity contribution in [3.8, 4) is 17.6 Å². The van der Waals surface area contributed by atoms with Gasteiger partial charge in [0.15, 0.2) is 11.5 Å². The molecule has 0 N–H and O–H groups in total. The van der Waals surface area contributed by atoms with Gasteiger partial charge in [0.25, 0.3) is 0 Å². The average Bonchev–Trinajstić information content (AvgIpc) is 3.18. The summed E-state index contributed by atoms with van der Waals surface area (Å²) < 4.78 is 15.8. The van der Waals surface area contributed by atoms with Gasteiger partial charge in [0.1, 0.15) is 11.6 Å². The first-order valence-corrected chi connectivity index (χ1v) is 10.4. The van der Waals surface area contributed by atoms with E-state index in [9.17, 15) is 10.1 Å². The lowest BCUT2D eigenvalue weighted by Gasteiger charge is -2.05. The second kappa shape index (κ2) is 12.8. The quantitative estimate of drug-likeness (QED) is 0.186. The Morgan fingerprint density at radius 1 is 1.04 bits per heavy atom. The van der Waals surface area contributed by atoms with Gasteiger partial charge < -0.3 is 14.2 Å². The van der Waals surface area contributed by atoms with E-state index in [2.05, 4.69) is 6.92 Å². The van der Waals surface area contributed by atoms with Crippen LogP contribution >= 0.6 is 0 Å². The van der Waals surface area contributed by atoms with E-state index in [0.29, 0.717) is 23.7 Å². The lowest BCUT2D eigenvalue weighted by molar-refractivity contribution is -0.138. The number of nitrogens with zero attached hydrogens (tertiary/aromatic N) is 1. The predicted octanol–water partition coefficient (Wildman–Crippen LogP) is 5.79. The fourth-order valence-corrected chi connectivity index (χ4v) is 3.14. The van der Waals surface area contributed by atoms with E-state index in [1.165, 1.54) is 57.4 Å². The Bertz CT molecular complexity index is 690. The Morgan fingerprint density at radius 2 is 1.68 bits per heavy atom. The van der Waals surface area contributed by atoms with Crippen LogP contribution in [-0.4, -0.2) is 19.4 Å². The molecule has 0 bridgehead atoms. The molecular formula is C23H31NO4. The summed E-state index contributed by atoms with van der Waals surface area (Å²) in [4.78, 5) is 12.1. The van der Waals surface area contributed by atoms with Gasteiger partial charge in [-0.15, -0.1) is 0 Å². The average molecular weight is 386 g/mol. The molecule has 152 valence electrons. The lowest BCUT2D eigenvalue weighted by Crippen LogP contribution is -2.08. The topological polar surface area (TPSA) is 68.6 Å². The molecule has 0 spiro atoms. The maximum atomic E-state index is 12.1. The minimum atomic E-state index is -0.573. The van der Waals surface area contributed by atoms with Gasteiger partial charge in [0, 0.05) is 0 Å². The lowest BCUT2D eigenvalue weighted by atomic mass is 10.1. The molecule has 1 aromatic rings. The Kier molecular flexibility index (Phi) is 9.99. The molecule has 1 aromatic carbocycles. The largest absolute Gasteiger partial charge is 0.462 e. The first-order valence-electron chi connectivity index (χ1n) is 10.4. The Hall–Kier alpha value is -2.48. The first kappa shape index (κ1) is 21.8. The van der Waals surface area contributed by atoms with Crippen LogP contribution in [0.3, 0.4) is 0 Å². The van der Waals surface area contributed by atoms with Crippen molar-refractivity contribution in [3.63, 3.8) is 0 Å². The van der Waals surface area contributed by atoms with Crippen LogP contribution in [0.4, 0.5) is 0 Å². The molecule has 1 heterocycles. The molecule has 0 unspecified atom stereocenters. The van der Waals surface area contributed by atoms with E-state index in [0.717, 1.165) is 12.8 Å². The van der Waals surface area contributed by atoms with Crippen molar-refractivity contribution in [1.29, 1.82) is 5.26 Å². The summed E-state index contributed by atoms with van der Waals surface area (Å²) in [5.41, 5.74) is 0.697. The third kappa shape index (κ3) is 7.64. The van der Waals surface area contributed by atoms with E-state index in [1.807, 2.05) is 6.07 Å². The second-order valence-corrected chi connectivity index (χ2v) is 7.10. The Labute approximate surface area is 168 Å². The van der Waals surface area contributed by atoms with Crippen LogP contribution in [0.25, 0.3) is 6.08 Å².